The molecule has 1 N–H and O–H groups in total. The van der Waals surface area contributed by atoms with Crippen molar-refractivity contribution in [2.24, 2.45) is 0 Å². The minimum Gasteiger partial charge on any atom is -0.477 e. The SMILES string of the molecule is CC1SCCN(c2cc(C(=O)O)nc3ccccc23)C1C. The quantitative estimate of drug-likeness (QED) is 0.922. The van der Waals surface area contributed by atoms with Crippen molar-refractivity contribution < 1.29 is 9.90 Å². The molecule has 5 heteroatoms. The third-order valence-electron chi connectivity index (χ3n) is 4.11. The zero-order valence-electron chi connectivity index (χ0n) is 12.1. The number of rotatable bonds is 2. The normalized spacial score (nSPS) is 22.5. The van der Waals surface area contributed by atoms with E-state index >= 15 is 0 Å². The molecule has 2 heterocycles. The van der Waals surface area contributed by atoms with Crippen LogP contribution in [0.1, 0.15) is 24.3 Å². The molecule has 1 aromatic carbocycles. The number of carboxylic acids is 1. The standard InChI is InChI=1S/C16H18N2O2S/c1-10-11(2)21-8-7-18(10)15-9-14(16(19)20)17-13-6-4-3-5-12(13)15/h3-6,9-11H,7-8H2,1-2H3,(H,19,20). The van der Waals surface area contributed by atoms with Gasteiger partial charge in [0.15, 0.2) is 5.69 Å². The third-order valence-corrected chi connectivity index (χ3v) is 5.44. The first-order valence-electron chi connectivity index (χ1n) is 7.09. The second-order valence-electron chi connectivity index (χ2n) is 5.36. The highest BCUT2D eigenvalue weighted by Gasteiger charge is 2.27. The Morgan fingerprint density at radius 3 is 2.90 bits per heavy atom. The molecule has 2 aromatic rings. The molecule has 0 radical (unpaired) electrons. The first-order chi connectivity index (χ1) is 10.1. The van der Waals surface area contributed by atoms with Crippen molar-refractivity contribution in [3.63, 3.8) is 0 Å². The highest BCUT2D eigenvalue weighted by Crippen LogP contribution is 2.33. The molecule has 2 atom stereocenters. The van der Waals surface area contributed by atoms with E-state index in [-0.39, 0.29) is 5.69 Å². The van der Waals surface area contributed by atoms with Gasteiger partial charge in [0.2, 0.25) is 0 Å². The average molecular weight is 302 g/mol. The Hall–Kier alpha value is -1.75. The maximum absolute atomic E-state index is 11.3. The third kappa shape index (κ3) is 2.58. The van der Waals surface area contributed by atoms with Gasteiger partial charge in [-0.1, -0.05) is 25.1 Å². The maximum atomic E-state index is 11.3. The van der Waals surface area contributed by atoms with Gasteiger partial charge in [0.25, 0.3) is 0 Å². The summed E-state index contributed by atoms with van der Waals surface area (Å²) in [5, 5.41) is 10.8. The topological polar surface area (TPSA) is 53.4 Å². The van der Waals surface area contributed by atoms with Crippen LogP contribution in [-0.2, 0) is 0 Å². The molecule has 21 heavy (non-hydrogen) atoms. The number of aromatic nitrogens is 1. The summed E-state index contributed by atoms with van der Waals surface area (Å²) in [7, 11) is 0. The summed E-state index contributed by atoms with van der Waals surface area (Å²) < 4.78 is 0. The van der Waals surface area contributed by atoms with Gasteiger partial charge >= 0.3 is 5.97 Å². The van der Waals surface area contributed by atoms with Crippen LogP contribution < -0.4 is 4.90 Å². The molecule has 0 saturated carbocycles. The van der Waals surface area contributed by atoms with Crippen molar-refractivity contribution in [1.82, 2.24) is 4.98 Å². The van der Waals surface area contributed by atoms with Gasteiger partial charge in [0, 0.05) is 34.7 Å². The fourth-order valence-corrected chi connectivity index (χ4v) is 3.88. The maximum Gasteiger partial charge on any atom is 0.354 e. The molecule has 1 saturated heterocycles. The van der Waals surface area contributed by atoms with Gasteiger partial charge in [-0.25, -0.2) is 9.78 Å². The number of nitrogens with zero attached hydrogens (tertiary/aromatic N) is 2. The van der Waals surface area contributed by atoms with Crippen LogP contribution in [0.3, 0.4) is 0 Å². The van der Waals surface area contributed by atoms with Crippen LogP contribution in [0.15, 0.2) is 30.3 Å². The molecule has 0 bridgehead atoms. The van der Waals surface area contributed by atoms with E-state index in [0.29, 0.717) is 11.3 Å². The van der Waals surface area contributed by atoms with Crippen LogP contribution in [0, 0.1) is 0 Å². The second kappa shape index (κ2) is 5.56. The first-order valence-corrected chi connectivity index (χ1v) is 8.14. The number of hydrogen-bond acceptors (Lipinski definition) is 4. The Morgan fingerprint density at radius 1 is 1.38 bits per heavy atom. The highest BCUT2D eigenvalue weighted by molar-refractivity contribution is 8.00. The predicted octanol–water partition coefficient (Wildman–Crippen LogP) is 3.26. The van der Waals surface area contributed by atoms with Crippen molar-refractivity contribution >= 4 is 34.3 Å². The predicted molar refractivity (Wildman–Crippen MR) is 87.4 cm³/mol. The summed E-state index contributed by atoms with van der Waals surface area (Å²) in [6.45, 7) is 5.36. The summed E-state index contributed by atoms with van der Waals surface area (Å²) in [6.07, 6.45) is 0. The molecule has 2 unspecified atom stereocenters. The first kappa shape index (κ1) is 14.2. The van der Waals surface area contributed by atoms with Gasteiger partial charge in [-0.3, -0.25) is 0 Å². The number of carbonyl (C=O) groups is 1. The van der Waals surface area contributed by atoms with Crippen LogP contribution in [0.2, 0.25) is 0 Å². The number of aromatic carboxylic acids is 1. The van der Waals surface area contributed by atoms with E-state index in [2.05, 4.69) is 23.7 Å². The minimum atomic E-state index is -0.978. The lowest BCUT2D eigenvalue weighted by Crippen LogP contribution is -2.44. The van der Waals surface area contributed by atoms with Crippen LogP contribution in [0.4, 0.5) is 5.69 Å². The Bertz CT molecular complexity index is 689. The lowest BCUT2D eigenvalue weighted by atomic mass is 10.1. The molecule has 3 rings (SSSR count). The molecule has 0 aliphatic carbocycles. The number of hydrogen-bond donors (Lipinski definition) is 1. The minimum absolute atomic E-state index is 0.113. The van der Waals surface area contributed by atoms with Gasteiger partial charge in [-0.15, -0.1) is 0 Å². The average Bonchev–Trinajstić information content (AvgIpc) is 2.49. The summed E-state index contributed by atoms with van der Waals surface area (Å²) >= 11 is 1.97. The lowest BCUT2D eigenvalue weighted by molar-refractivity contribution is 0.0691. The number of anilines is 1. The molecule has 110 valence electrons. The zero-order valence-corrected chi connectivity index (χ0v) is 12.9. The smallest absolute Gasteiger partial charge is 0.354 e. The number of para-hydroxylation sites is 1. The van der Waals surface area contributed by atoms with Crippen molar-refractivity contribution in [3.8, 4) is 0 Å². The molecule has 1 aliphatic rings. The Morgan fingerprint density at radius 2 is 2.14 bits per heavy atom. The molecule has 0 spiro atoms. The molecule has 1 aliphatic heterocycles. The van der Waals surface area contributed by atoms with Gasteiger partial charge in [-0.2, -0.15) is 11.8 Å². The van der Waals surface area contributed by atoms with E-state index in [0.717, 1.165) is 28.9 Å². The summed E-state index contributed by atoms with van der Waals surface area (Å²) in [4.78, 5) is 17.9. The van der Waals surface area contributed by atoms with E-state index in [9.17, 15) is 9.90 Å². The number of pyridine rings is 1. The van der Waals surface area contributed by atoms with E-state index in [4.69, 9.17) is 0 Å². The van der Waals surface area contributed by atoms with Crippen LogP contribution in [-0.4, -0.2) is 39.6 Å². The van der Waals surface area contributed by atoms with Crippen molar-refractivity contribution in [2.45, 2.75) is 25.1 Å². The van der Waals surface area contributed by atoms with Crippen LogP contribution >= 0.6 is 11.8 Å². The van der Waals surface area contributed by atoms with Crippen LogP contribution in [0.5, 0.6) is 0 Å². The van der Waals surface area contributed by atoms with E-state index in [1.165, 1.54) is 0 Å². The van der Waals surface area contributed by atoms with Gasteiger partial charge in [-0.05, 0) is 19.1 Å². The van der Waals surface area contributed by atoms with Crippen molar-refractivity contribution in [3.05, 3.63) is 36.0 Å². The van der Waals surface area contributed by atoms with Gasteiger partial charge in [0.1, 0.15) is 0 Å². The lowest BCUT2D eigenvalue weighted by Gasteiger charge is -2.39. The van der Waals surface area contributed by atoms with Crippen LogP contribution in [0.25, 0.3) is 10.9 Å². The monoisotopic (exact) mass is 302 g/mol. The largest absolute Gasteiger partial charge is 0.477 e. The fourth-order valence-electron chi connectivity index (χ4n) is 2.78. The Labute approximate surface area is 128 Å². The number of thioether (sulfide) groups is 1. The molecule has 4 nitrogen and oxygen atoms in total. The molecule has 1 aromatic heterocycles. The molecular weight excluding hydrogens is 284 g/mol. The molecule has 0 amide bonds. The number of benzene rings is 1. The summed E-state index contributed by atoms with van der Waals surface area (Å²) in [6, 6.07) is 9.84. The highest BCUT2D eigenvalue weighted by atomic mass is 32.2. The van der Waals surface area contributed by atoms with Gasteiger partial charge < -0.3 is 10.0 Å². The zero-order chi connectivity index (χ0) is 15.0. The van der Waals surface area contributed by atoms with E-state index < -0.39 is 5.97 Å². The van der Waals surface area contributed by atoms with Crippen molar-refractivity contribution in [2.75, 3.05) is 17.2 Å². The summed E-state index contributed by atoms with van der Waals surface area (Å²) in [5.41, 5.74) is 1.84. The van der Waals surface area contributed by atoms with Gasteiger partial charge in [0.05, 0.1) is 5.52 Å². The Kier molecular flexibility index (Phi) is 3.76. The number of fused-ring (bicyclic) bond motifs is 1. The fraction of sp³-hybridized carbons (Fsp3) is 0.375. The van der Waals surface area contributed by atoms with Crippen molar-refractivity contribution in [1.29, 1.82) is 0 Å². The molecular formula is C16H18N2O2S. The molecule has 1 fully saturated rings. The van der Waals surface area contributed by atoms with E-state index in [1.807, 2.05) is 36.0 Å². The summed E-state index contributed by atoms with van der Waals surface area (Å²) in [5.74, 6) is 0.0824. The Balaban J connectivity index is 2.17. The van der Waals surface area contributed by atoms with E-state index in [1.54, 1.807) is 6.07 Å². The number of carboxylic acid groups (broad SMARTS) is 1. The second-order valence-corrected chi connectivity index (χ2v) is 6.84.